The van der Waals surface area contributed by atoms with Crippen molar-refractivity contribution in [2.45, 2.75) is 46.3 Å². The lowest BCUT2D eigenvalue weighted by molar-refractivity contribution is 0.0144. The van der Waals surface area contributed by atoms with E-state index >= 15 is 0 Å². The number of aromatic nitrogens is 2. The molecule has 2 aromatic heterocycles. The van der Waals surface area contributed by atoms with E-state index in [0.717, 1.165) is 44.0 Å². The molecule has 4 rings (SSSR count). The van der Waals surface area contributed by atoms with Crippen LogP contribution >= 0.6 is 0 Å². The number of ether oxygens (including phenoxy) is 2. The number of carbonyl (C=O) groups excluding carboxylic acids is 1. The average Bonchev–Trinajstić information content (AvgIpc) is 3.07. The van der Waals surface area contributed by atoms with Crippen LogP contribution in [0.4, 0.5) is 4.79 Å². The molecule has 0 bridgehead atoms. The second-order valence-corrected chi connectivity index (χ2v) is 9.49. The van der Waals surface area contributed by atoms with Crippen molar-refractivity contribution in [3.63, 3.8) is 0 Å². The highest BCUT2D eigenvalue weighted by molar-refractivity contribution is 6.09. The molecule has 1 amide bonds. The normalized spacial score (nSPS) is 15.5. The zero-order valence-corrected chi connectivity index (χ0v) is 19.9. The number of benzene rings is 1. The molecule has 1 aliphatic heterocycles. The van der Waals surface area contributed by atoms with E-state index < -0.39 is 5.60 Å². The summed E-state index contributed by atoms with van der Waals surface area (Å²) in [4.78, 5) is 21.1. The van der Waals surface area contributed by atoms with Gasteiger partial charge in [-0.3, -0.25) is 9.88 Å². The summed E-state index contributed by atoms with van der Waals surface area (Å²) in [5, 5.41) is 2.47. The fraction of sp³-hybridized carbons (Fsp3) is 0.520. The lowest BCUT2D eigenvalue weighted by Gasteiger charge is -2.35. The van der Waals surface area contributed by atoms with E-state index in [1.54, 1.807) is 7.11 Å². The molecule has 0 aliphatic carbocycles. The number of fused-ring (bicyclic) bond motifs is 3. The third kappa shape index (κ3) is 4.67. The Morgan fingerprint density at radius 1 is 1.06 bits per heavy atom. The highest BCUT2D eigenvalue weighted by Crippen LogP contribution is 2.32. The number of hydrogen-bond acceptors (Lipinski definition) is 5. The molecular formula is C25H34N4O3. The Morgan fingerprint density at radius 2 is 1.81 bits per heavy atom. The van der Waals surface area contributed by atoms with Crippen LogP contribution in [0.25, 0.3) is 21.8 Å². The summed E-state index contributed by atoms with van der Waals surface area (Å²) >= 11 is 0. The van der Waals surface area contributed by atoms with Crippen LogP contribution in [0.15, 0.2) is 30.5 Å². The van der Waals surface area contributed by atoms with Gasteiger partial charge in [-0.1, -0.05) is 0 Å². The minimum absolute atomic E-state index is 0.209. The first kappa shape index (κ1) is 22.4. The SMILES string of the molecule is COc1ccc2c3ccnc(C)c3n(CCCN3CCN(C(=O)OC(C)(C)C)CC3)c2c1. The lowest BCUT2D eigenvalue weighted by atomic mass is 10.1. The van der Waals surface area contributed by atoms with Gasteiger partial charge in [0.05, 0.1) is 23.8 Å². The molecule has 1 aliphatic rings. The molecule has 32 heavy (non-hydrogen) atoms. The lowest BCUT2D eigenvalue weighted by Crippen LogP contribution is -2.50. The number of amides is 1. The fourth-order valence-electron chi connectivity index (χ4n) is 4.49. The van der Waals surface area contributed by atoms with Gasteiger partial charge in [0.2, 0.25) is 0 Å². The van der Waals surface area contributed by atoms with Gasteiger partial charge in [0.15, 0.2) is 0 Å². The van der Waals surface area contributed by atoms with Crippen molar-refractivity contribution in [1.82, 2.24) is 19.4 Å². The number of piperazine rings is 1. The molecule has 1 fully saturated rings. The minimum atomic E-state index is -0.452. The summed E-state index contributed by atoms with van der Waals surface area (Å²) in [6.45, 7) is 12.9. The van der Waals surface area contributed by atoms with Gasteiger partial charge in [-0.15, -0.1) is 0 Å². The van der Waals surface area contributed by atoms with E-state index in [9.17, 15) is 4.79 Å². The Kier molecular flexibility index (Phi) is 6.29. The molecule has 7 heteroatoms. The van der Waals surface area contributed by atoms with Crippen molar-refractivity contribution >= 4 is 27.9 Å². The van der Waals surface area contributed by atoms with Crippen LogP contribution in [-0.2, 0) is 11.3 Å². The molecule has 3 heterocycles. The number of nitrogens with zero attached hydrogens (tertiary/aromatic N) is 4. The van der Waals surface area contributed by atoms with Crippen LogP contribution in [0.2, 0.25) is 0 Å². The third-order valence-electron chi connectivity index (χ3n) is 6.04. The van der Waals surface area contributed by atoms with Gasteiger partial charge in [0.25, 0.3) is 0 Å². The summed E-state index contributed by atoms with van der Waals surface area (Å²) in [5.74, 6) is 0.866. The molecule has 0 atom stereocenters. The fourth-order valence-corrected chi connectivity index (χ4v) is 4.49. The predicted octanol–water partition coefficient (Wildman–Crippen LogP) is 4.45. The molecule has 0 saturated carbocycles. The van der Waals surface area contributed by atoms with Crippen molar-refractivity contribution in [2.75, 3.05) is 39.8 Å². The first-order valence-corrected chi connectivity index (χ1v) is 11.4. The van der Waals surface area contributed by atoms with Gasteiger partial charge in [0.1, 0.15) is 11.4 Å². The van der Waals surface area contributed by atoms with E-state index in [4.69, 9.17) is 9.47 Å². The van der Waals surface area contributed by atoms with Gasteiger partial charge in [-0.25, -0.2) is 4.79 Å². The van der Waals surface area contributed by atoms with Crippen molar-refractivity contribution in [3.05, 3.63) is 36.2 Å². The van der Waals surface area contributed by atoms with E-state index in [1.165, 1.54) is 21.8 Å². The van der Waals surface area contributed by atoms with Gasteiger partial charge < -0.3 is 18.9 Å². The smallest absolute Gasteiger partial charge is 0.410 e. The van der Waals surface area contributed by atoms with E-state index in [0.29, 0.717) is 13.1 Å². The number of methoxy groups -OCH3 is 1. The zero-order chi connectivity index (χ0) is 22.9. The maximum absolute atomic E-state index is 12.3. The molecule has 1 aromatic carbocycles. The van der Waals surface area contributed by atoms with E-state index in [2.05, 4.69) is 39.6 Å². The summed E-state index contributed by atoms with van der Waals surface area (Å²) in [6.07, 6.45) is 2.70. The van der Waals surface area contributed by atoms with Crippen molar-refractivity contribution in [3.8, 4) is 5.75 Å². The standard InChI is InChI=1S/C25H34N4O3/c1-18-23-21(9-10-26-18)20-8-7-19(31-5)17-22(20)29(23)12-6-11-27-13-15-28(16-14-27)24(30)32-25(2,3)4/h7-10,17H,6,11-16H2,1-5H3. The largest absolute Gasteiger partial charge is 0.497 e. The first-order chi connectivity index (χ1) is 15.3. The molecular weight excluding hydrogens is 404 g/mol. The van der Waals surface area contributed by atoms with Crippen molar-refractivity contribution in [1.29, 1.82) is 0 Å². The van der Waals surface area contributed by atoms with Crippen LogP contribution in [0.5, 0.6) is 5.75 Å². The summed E-state index contributed by atoms with van der Waals surface area (Å²) in [5.41, 5.74) is 2.98. The summed E-state index contributed by atoms with van der Waals surface area (Å²) in [7, 11) is 1.71. The Hall–Kier alpha value is -2.80. The molecule has 7 nitrogen and oxygen atoms in total. The second kappa shape index (κ2) is 8.98. The minimum Gasteiger partial charge on any atom is -0.497 e. The average molecular weight is 439 g/mol. The molecule has 0 N–H and O–H groups in total. The van der Waals surface area contributed by atoms with Crippen molar-refractivity contribution < 1.29 is 14.3 Å². The number of pyridine rings is 1. The molecule has 3 aromatic rings. The zero-order valence-electron chi connectivity index (χ0n) is 19.9. The van der Waals surface area contributed by atoms with E-state index in [-0.39, 0.29) is 6.09 Å². The second-order valence-electron chi connectivity index (χ2n) is 9.49. The van der Waals surface area contributed by atoms with Crippen LogP contribution in [0, 0.1) is 6.92 Å². The van der Waals surface area contributed by atoms with Crippen LogP contribution in [0.1, 0.15) is 32.9 Å². The maximum atomic E-state index is 12.3. The number of hydrogen-bond donors (Lipinski definition) is 0. The Bertz CT molecular complexity index is 1110. The van der Waals surface area contributed by atoms with Gasteiger partial charge in [0, 0.05) is 55.8 Å². The molecule has 0 unspecified atom stereocenters. The molecule has 0 spiro atoms. The highest BCUT2D eigenvalue weighted by Gasteiger charge is 2.25. The Balaban J connectivity index is 1.42. The molecule has 172 valence electrons. The van der Waals surface area contributed by atoms with Crippen molar-refractivity contribution in [2.24, 2.45) is 0 Å². The number of aryl methyl sites for hydroxylation is 2. The quantitative estimate of drug-likeness (QED) is 0.589. The summed E-state index contributed by atoms with van der Waals surface area (Å²) in [6, 6.07) is 8.38. The van der Waals surface area contributed by atoms with Crippen LogP contribution in [0.3, 0.4) is 0 Å². The van der Waals surface area contributed by atoms with Gasteiger partial charge in [-0.05, 0) is 58.9 Å². The summed E-state index contributed by atoms with van der Waals surface area (Å²) < 4.78 is 13.4. The van der Waals surface area contributed by atoms with Crippen LogP contribution in [-0.4, -0.2) is 70.9 Å². The topological polar surface area (TPSA) is 59.8 Å². The molecule has 1 saturated heterocycles. The number of carbonyl (C=O) groups is 1. The monoisotopic (exact) mass is 438 g/mol. The van der Waals surface area contributed by atoms with Gasteiger partial charge in [-0.2, -0.15) is 0 Å². The van der Waals surface area contributed by atoms with Gasteiger partial charge >= 0.3 is 6.09 Å². The highest BCUT2D eigenvalue weighted by atomic mass is 16.6. The predicted molar refractivity (Wildman–Crippen MR) is 127 cm³/mol. The Morgan fingerprint density at radius 3 is 2.50 bits per heavy atom. The van der Waals surface area contributed by atoms with E-state index in [1.807, 2.05) is 37.9 Å². The maximum Gasteiger partial charge on any atom is 0.410 e. The van der Waals surface area contributed by atoms with Crippen LogP contribution < -0.4 is 4.74 Å². The molecule has 0 radical (unpaired) electrons. The number of rotatable bonds is 5. The third-order valence-corrected chi connectivity index (χ3v) is 6.04. The first-order valence-electron chi connectivity index (χ1n) is 11.4. The Labute approximate surface area is 189 Å².